The van der Waals surface area contributed by atoms with Gasteiger partial charge >= 0.3 is 11.9 Å². The maximum Gasteiger partial charge on any atom is 0.305 e. The minimum atomic E-state index is -0.675. The topological polar surface area (TPSA) is 63.6 Å². The number of esters is 1. The summed E-state index contributed by atoms with van der Waals surface area (Å²) >= 11 is 0. The normalized spacial score (nSPS) is 9.95. The fourth-order valence-corrected chi connectivity index (χ4v) is 1.55. The minimum Gasteiger partial charge on any atom is -0.481 e. The van der Waals surface area contributed by atoms with Crippen LogP contribution in [0.3, 0.4) is 0 Å². The second kappa shape index (κ2) is 17.0. The van der Waals surface area contributed by atoms with E-state index in [0.717, 1.165) is 38.5 Å². The van der Waals surface area contributed by atoms with Crippen molar-refractivity contribution in [3.05, 3.63) is 0 Å². The molecule has 0 unspecified atom stereocenters. The first-order chi connectivity index (χ1) is 9.93. The van der Waals surface area contributed by atoms with E-state index in [4.69, 9.17) is 9.84 Å². The highest BCUT2D eigenvalue weighted by Crippen LogP contribution is 2.02. The van der Waals surface area contributed by atoms with Crippen LogP contribution in [0.15, 0.2) is 0 Å². The predicted molar refractivity (Wildman–Crippen MR) is 86.3 cm³/mol. The zero-order valence-corrected chi connectivity index (χ0v) is 14.3. The summed E-state index contributed by atoms with van der Waals surface area (Å²) in [5.41, 5.74) is 0. The van der Waals surface area contributed by atoms with Gasteiger partial charge in [-0.1, -0.05) is 59.8 Å². The van der Waals surface area contributed by atoms with Crippen molar-refractivity contribution in [2.75, 3.05) is 6.61 Å². The van der Waals surface area contributed by atoms with E-state index in [-0.39, 0.29) is 5.97 Å². The summed E-state index contributed by atoms with van der Waals surface area (Å²) in [5.74, 6) is -0.275. The Morgan fingerprint density at radius 2 is 1.43 bits per heavy atom. The Morgan fingerprint density at radius 3 is 1.90 bits per heavy atom. The molecule has 0 saturated heterocycles. The molecule has 0 amide bonds. The Bertz CT molecular complexity index is 249. The lowest BCUT2D eigenvalue weighted by molar-refractivity contribution is -0.144. The highest BCUT2D eigenvalue weighted by molar-refractivity contribution is 5.69. The van der Waals surface area contributed by atoms with E-state index in [1.807, 2.05) is 13.8 Å². The Hall–Kier alpha value is -1.06. The lowest BCUT2D eigenvalue weighted by Crippen LogP contribution is -2.09. The van der Waals surface area contributed by atoms with Crippen molar-refractivity contribution in [2.24, 2.45) is 5.92 Å². The number of aliphatic carboxylic acids is 1. The van der Waals surface area contributed by atoms with Gasteiger partial charge in [0.25, 0.3) is 0 Å². The first-order valence-electron chi connectivity index (χ1n) is 8.31. The van der Waals surface area contributed by atoms with Crippen LogP contribution >= 0.6 is 0 Å². The molecule has 0 rings (SSSR count). The molecule has 0 aromatic heterocycles. The van der Waals surface area contributed by atoms with Crippen LogP contribution < -0.4 is 0 Å². The molecule has 0 atom stereocenters. The van der Waals surface area contributed by atoms with Gasteiger partial charge in [0.05, 0.1) is 6.61 Å². The molecule has 0 aliphatic heterocycles. The summed E-state index contributed by atoms with van der Waals surface area (Å²) in [6.07, 6.45) is 8.38. The highest BCUT2D eigenvalue weighted by atomic mass is 16.5. The molecule has 0 spiro atoms. The van der Waals surface area contributed by atoms with Crippen molar-refractivity contribution in [1.82, 2.24) is 0 Å². The molecule has 1 N–H and O–H groups in total. The molecule has 0 aromatic rings. The van der Waals surface area contributed by atoms with Gasteiger partial charge in [-0.2, -0.15) is 0 Å². The van der Waals surface area contributed by atoms with Crippen molar-refractivity contribution in [3.63, 3.8) is 0 Å². The number of hydrogen-bond donors (Lipinski definition) is 1. The average Bonchev–Trinajstić information content (AvgIpc) is 2.42. The van der Waals surface area contributed by atoms with Crippen LogP contribution in [0.25, 0.3) is 0 Å². The van der Waals surface area contributed by atoms with Gasteiger partial charge in [0.15, 0.2) is 0 Å². The van der Waals surface area contributed by atoms with Gasteiger partial charge < -0.3 is 9.84 Å². The lowest BCUT2D eigenvalue weighted by Gasteiger charge is -2.06. The predicted octanol–water partition coefficient (Wildman–Crippen LogP) is 4.81. The molecule has 21 heavy (non-hydrogen) atoms. The molecule has 0 radical (unpaired) electrons. The average molecular weight is 302 g/mol. The van der Waals surface area contributed by atoms with E-state index in [0.29, 0.717) is 25.4 Å². The summed E-state index contributed by atoms with van der Waals surface area (Å²) in [4.78, 5) is 21.0. The number of carbonyl (C=O) groups excluding carboxylic acids is 1. The SMILES string of the molecule is CCCCCC(=O)OCC(C)C.CCCCCCC(=O)O. The third-order valence-corrected chi connectivity index (χ3v) is 2.81. The fourth-order valence-electron chi connectivity index (χ4n) is 1.55. The largest absolute Gasteiger partial charge is 0.481 e. The number of carboxylic acids is 1. The molecule has 126 valence electrons. The van der Waals surface area contributed by atoms with Crippen LogP contribution in [-0.2, 0) is 14.3 Å². The molecule has 0 aliphatic carbocycles. The molecule has 0 heterocycles. The van der Waals surface area contributed by atoms with E-state index < -0.39 is 5.97 Å². The smallest absolute Gasteiger partial charge is 0.305 e. The highest BCUT2D eigenvalue weighted by Gasteiger charge is 2.02. The first-order valence-corrected chi connectivity index (χ1v) is 8.31. The van der Waals surface area contributed by atoms with Crippen LogP contribution in [0, 0.1) is 5.92 Å². The summed E-state index contributed by atoms with van der Waals surface area (Å²) in [6, 6.07) is 0. The van der Waals surface area contributed by atoms with E-state index in [2.05, 4.69) is 13.8 Å². The van der Waals surface area contributed by atoms with Crippen LogP contribution in [0.4, 0.5) is 0 Å². The number of hydrogen-bond acceptors (Lipinski definition) is 3. The molecule has 0 saturated carbocycles. The van der Waals surface area contributed by atoms with Crippen molar-refractivity contribution >= 4 is 11.9 Å². The van der Waals surface area contributed by atoms with Crippen LogP contribution in [-0.4, -0.2) is 23.7 Å². The van der Waals surface area contributed by atoms with Gasteiger partial charge in [-0.25, -0.2) is 0 Å². The third kappa shape index (κ3) is 24.4. The monoisotopic (exact) mass is 302 g/mol. The summed E-state index contributed by atoms with van der Waals surface area (Å²) < 4.78 is 5.01. The quantitative estimate of drug-likeness (QED) is 0.439. The molecule has 0 fully saturated rings. The molecule has 0 aliphatic rings. The molecule has 0 aromatic carbocycles. The summed E-state index contributed by atoms with van der Waals surface area (Å²) in [5, 5.41) is 8.21. The minimum absolute atomic E-state index is 0.0443. The van der Waals surface area contributed by atoms with Gasteiger partial charge in [-0.3, -0.25) is 9.59 Å². The maximum absolute atomic E-state index is 11.0. The Kier molecular flexibility index (Phi) is 18.0. The van der Waals surface area contributed by atoms with Gasteiger partial charge in [-0.05, 0) is 18.8 Å². The zero-order chi connectivity index (χ0) is 16.5. The Morgan fingerprint density at radius 1 is 0.905 bits per heavy atom. The number of ether oxygens (including phenoxy) is 1. The van der Waals surface area contributed by atoms with E-state index in [9.17, 15) is 9.59 Å². The van der Waals surface area contributed by atoms with Crippen LogP contribution in [0.5, 0.6) is 0 Å². The van der Waals surface area contributed by atoms with Crippen molar-refractivity contribution in [3.8, 4) is 0 Å². The molecular formula is C17H34O4. The fraction of sp³-hybridized carbons (Fsp3) is 0.882. The molecular weight excluding hydrogens is 268 g/mol. The summed E-state index contributed by atoms with van der Waals surface area (Å²) in [6.45, 7) is 8.88. The first kappa shape index (κ1) is 22.2. The standard InChI is InChI=1S/C10H20O2.C7H14O2/c1-4-5-6-7-10(11)12-8-9(2)3;1-2-3-4-5-6-7(8)9/h9H,4-8H2,1-3H3;2-6H2,1H3,(H,8,9). The Balaban J connectivity index is 0. The Labute approximate surface area is 130 Å². The zero-order valence-electron chi connectivity index (χ0n) is 14.3. The van der Waals surface area contributed by atoms with Crippen molar-refractivity contribution in [1.29, 1.82) is 0 Å². The van der Waals surface area contributed by atoms with E-state index >= 15 is 0 Å². The van der Waals surface area contributed by atoms with Crippen LogP contribution in [0.2, 0.25) is 0 Å². The van der Waals surface area contributed by atoms with Gasteiger partial charge in [-0.15, -0.1) is 0 Å². The lowest BCUT2D eigenvalue weighted by atomic mass is 10.2. The third-order valence-electron chi connectivity index (χ3n) is 2.81. The van der Waals surface area contributed by atoms with Gasteiger partial charge in [0.1, 0.15) is 0 Å². The van der Waals surface area contributed by atoms with Gasteiger partial charge in [0, 0.05) is 12.8 Å². The molecule has 0 bridgehead atoms. The van der Waals surface area contributed by atoms with Crippen molar-refractivity contribution < 1.29 is 19.4 Å². The number of carbonyl (C=O) groups is 2. The van der Waals surface area contributed by atoms with Crippen molar-refractivity contribution in [2.45, 2.75) is 85.5 Å². The molecule has 4 nitrogen and oxygen atoms in total. The van der Waals surface area contributed by atoms with E-state index in [1.165, 1.54) is 6.42 Å². The van der Waals surface area contributed by atoms with Crippen LogP contribution in [0.1, 0.15) is 85.5 Å². The van der Waals surface area contributed by atoms with E-state index in [1.54, 1.807) is 0 Å². The number of unbranched alkanes of at least 4 members (excludes halogenated alkanes) is 5. The van der Waals surface area contributed by atoms with Gasteiger partial charge in [0.2, 0.25) is 0 Å². The number of carboxylic acid groups (broad SMARTS) is 1. The number of rotatable bonds is 11. The maximum atomic E-state index is 11.0. The second-order valence-corrected chi connectivity index (χ2v) is 5.74. The molecule has 4 heteroatoms. The summed E-state index contributed by atoms with van der Waals surface area (Å²) in [7, 11) is 0. The second-order valence-electron chi connectivity index (χ2n) is 5.74.